The first kappa shape index (κ1) is 20.5. The lowest BCUT2D eigenvalue weighted by Gasteiger charge is -2.32. The number of likely N-dealkylation sites (tertiary alicyclic amines) is 1. The molecule has 1 aliphatic heterocycles. The fourth-order valence-corrected chi connectivity index (χ4v) is 4.25. The third kappa shape index (κ3) is 4.69. The Morgan fingerprint density at radius 2 is 2.17 bits per heavy atom. The number of hydrogen-bond acceptors (Lipinski definition) is 5. The van der Waals surface area contributed by atoms with Crippen molar-refractivity contribution in [2.75, 3.05) is 13.1 Å². The standard InChI is InChI=1S/C20H20F3N5OS/c21-20(22,23)17-11-15(16-4-2-10-30-16)25-19(26-17)14-3-1-7-28(12-14)18(29)5-8-27-9-6-24-13-27/h2,4,6,9-11,13-14H,1,3,5,7-8,12H2/t14-/m1/s1. The van der Waals surface area contributed by atoms with Gasteiger partial charge in [-0.15, -0.1) is 11.3 Å². The number of amides is 1. The van der Waals surface area contributed by atoms with Crippen LogP contribution >= 0.6 is 11.3 Å². The molecule has 4 heterocycles. The minimum absolute atomic E-state index is 0.0288. The smallest absolute Gasteiger partial charge is 0.342 e. The molecule has 1 saturated heterocycles. The molecular formula is C20H20F3N5OS. The highest BCUT2D eigenvalue weighted by Gasteiger charge is 2.35. The van der Waals surface area contributed by atoms with E-state index in [9.17, 15) is 18.0 Å². The summed E-state index contributed by atoms with van der Waals surface area (Å²) in [4.78, 5) is 27.2. The summed E-state index contributed by atoms with van der Waals surface area (Å²) in [5, 5.41) is 1.80. The molecule has 158 valence electrons. The van der Waals surface area contributed by atoms with Crippen LogP contribution in [0.2, 0.25) is 0 Å². The van der Waals surface area contributed by atoms with Crippen molar-refractivity contribution in [3.63, 3.8) is 0 Å². The Morgan fingerprint density at radius 1 is 1.30 bits per heavy atom. The molecule has 0 aromatic carbocycles. The first-order valence-electron chi connectivity index (χ1n) is 9.64. The van der Waals surface area contributed by atoms with E-state index in [1.54, 1.807) is 41.1 Å². The number of imidazole rings is 1. The fraction of sp³-hybridized carbons (Fsp3) is 0.400. The molecule has 3 aromatic heterocycles. The lowest BCUT2D eigenvalue weighted by Crippen LogP contribution is -2.40. The number of thiophene rings is 1. The average Bonchev–Trinajstić information content (AvgIpc) is 3.45. The number of alkyl halides is 3. The Morgan fingerprint density at radius 3 is 2.87 bits per heavy atom. The molecule has 0 unspecified atom stereocenters. The molecule has 4 rings (SSSR count). The number of carbonyl (C=O) groups is 1. The van der Waals surface area contributed by atoms with Crippen LogP contribution in [0.15, 0.2) is 42.3 Å². The number of halogens is 3. The van der Waals surface area contributed by atoms with Gasteiger partial charge >= 0.3 is 6.18 Å². The molecule has 0 radical (unpaired) electrons. The minimum atomic E-state index is -4.56. The Hall–Kier alpha value is -2.75. The summed E-state index contributed by atoms with van der Waals surface area (Å²) in [6, 6.07) is 4.51. The third-order valence-corrected chi connectivity index (χ3v) is 5.98. The summed E-state index contributed by atoms with van der Waals surface area (Å²) in [5.41, 5.74) is -0.676. The van der Waals surface area contributed by atoms with Crippen molar-refractivity contribution in [2.24, 2.45) is 0 Å². The molecule has 1 aliphatic rings. The Kier molecular flexibility index (Phi) is 5.85. The van der Waals surface area contributed by atoms with Crippen LogP contribution in [0.4, 0.5) is 13.2 Å². The maximum absolute atomic E-state index is 13.4. The van der Waals surface area contributed by atoms with Gasteiger partial charge < -0.3 is 9.47 Å². The van der Waals surface area contributed by atoms with Gasteiger partial charge in [0.05, 0.1) is 16.9 Å². The molecule has 10 heteroatoms. The van der Waals surface area contributed by atoms with Gasteiger partial charge in [-0.2, -0.15) is 13.2 Å². The van der Waals surface area contributed by atoms with Crippen molar-refractivity contribution in [1.29, 1.82) is 0 Å². The van der Waals surface area contributed by atoms with Gasteiger partial charge in [-0.3, -0.25) is 4.79 Å². The molecule has 0 bridgehead atoms. The number of rotatable bonds is 5. The van der Waals surface area contributed by atoms with Crippen LogP contribution in [-0.4, -0.2) is 43.4 Å². The second kappa shape index (κ2) is 8.55. The normalized spacial score (nSPS) is 17.3. The second-order valence-corrected chi connectivity index (χ2v) is 8.15. The van der Waals surface area contributed by atoms with Crippen molar-refractivity contribution in [2.45, 2.75) is 37.9 Å². The SMILES string of the molecule is O=C(CCn1ccnc1)N1CCC[C@@H](c2nc(-c3cccs3)cc(C(F)(F)F)n2)C1. The largest absolute Gasteiger partial charge is 0.433 e. The zero-order valence-corrected chi connectivity index (χ0v) is 16.9. The van der Waals surface area contributed by atoms with E-state index in [4.69, 9.17) is 0 Å². The summed E-state index contributed by atoms with van der Waals surface area (Å²) in [6.45, 7) is 1.44. The Labute approximate surface area is 175 Å². The quantitative estimate of drug-likeness (QED) is 0.602. The van der Waals surface area contributed by atoms with Crippen LogP contribution in [0, 0.1) is 0 Å². The predicted molar refractivity (Wildman–Crippen MR) is 106 cm³/mol. The highest BCUT2D eigenvalue weighted by molar-refractivity contribution is 7.13. The summed E-state index contributed by atoms with van der Waals surface area (Å²) in [6.07, 6.45) is 2.19. The summed E-state index contributed by atoms with van der Waals surface area (Å²) in [7, 11) is 0. The number of nitrogens with zero attached hydrogens (tertiary/aromatic N) is 5. The molecule has 6 nitrogen and oxygen atoms in total. The molecule has 1 amide bonds. The lowest BCUT2D eigenvalue weighted by molar-refractivity contribution is -0.141. The number of carbonyl (C=O) groups excluding carboxylic acids is 1. The maximum Gasteiger partial charge on any atom is 0.433 e. The average molecular weight is 435 g/mol. The monoisotopic (exact) mass is 435 g/mol. The molecular weight excluding hydrogens is 415 g/mol. The second-order valence-electron chi connectivity index (χ2n) is 7.20. The molecule has 0 spiro atoms. The highest BCUT2D eigenvalue weighted by atomic mass is 32.1. The van der Waals surface area contributed by atoms with E-state index in [0.29, 0.717) is 43.8 Å². The van der Waals surface area contributed by atoms with Gasteiger partial charge in [0, 0.05) is 44.4 Å². The van der Waals surface area contributed by atoms with Gasteiger partial charge in [-0.1, -0.05) is 6.07 Å². The molecule has 1 fully saturated rings. The first-order valence-corrected chi connectivity index (χ1v) is 10.5. The van der Waals surface area contributed by atoms with Gasteiger partial charge in [-0.25, -0.2) is 15.0 Å². The number of aryl methyl sites for hydroxylation is 1. The first-order chi connectivity index (χ1) is 14.4. The summed E-state index contributed by atoms with van der Waals surface area (Å²) in [5.74, 6) is -0.198. The molecule has 0 aliphatic carbocycles. The van der Waals surface area contributed by atoms with E-state index >= 15 is 0 Å². The van der Waals surface area contributed by atoms with E-state index in [0.717, 1.165) is 6.07 Å². The highest BCUT2D eigenvalue weighted by Crippen LogP contribution is 2.34. The molecule has 1 atom stereocenters. The van der Waals surface area contributed by atoms with Crippen LogP contribution in [0.3, 0.4) is 0 Å². The van der Waals surface area contributed by atoms with Crippen LogP contribution in [-0.2, 0) is 17.5 Å². The van der Waals surface area contributed by atoms with Gasteiger partial charge in [0.1, 0.15) is 11.5 Å². The van der Waals surface area contributed by atoms with Gasteiger partial charge in [0.25, 0.3) is 0 Å². The van der Waals surface area contributed by atoms with E-state index in [1.807, 2.05) is 4.57 Å². The third-order valence-electron chi connectivity index (χ3n) is 5.09. The zero-order chi connectivity index (χ0) is 21.1. The number of piperidine rings is 1. The van der Waals surface area contributed by atoms with E-state index in [2.05, 4.69) is 15.0 Å². The van der Waals surface area contributed by atoms with Crippen molar-refractivity contribution < 1.29 is 18.0 Å². The van der Waals surface area contributed by atoms with Crippen molar-refractivity contribution >= 4 is 17.2 Å². The lowest BCUT2D eigenvalue weighted by atomic mass is 9.96. The molecule has 0 saturated carbocycles. The molecule has 0 N–H and O–H groups in total. The van der Waals surface area contributed by atoms with Crippen molar-refractivity contribution in [3.8, 4) is 10.6 Å². The van der Waals surface area contributed by atoms with Crippen molar-refractivity contribution in [3.05, 3.63) is 53.8 Å². The van der Waals surface area contributed by atoms with Gasteiger partial charge in [-0.05, 0) is 30.4 Å². The fourth-order valence-electron chi connectivity index (χ4n) is 3.56. The molecule has 3 aromatic rings. The van der Waals surface area contributed by atoms with E-state index < -0.39 is 11.9 Å². The predicted octanol–water partition coefficient (Wildman–Crippen LogP) is 4.22. The topological polar surface area (TPSA) is 63.9 Å². The zero-order valence-electron chi connectivity index (χ0n) is 16.0. The Balaban J connectivity index is 1.53. The molecule has 30 heavy (non-hydrogen) atoms. The number of aromatic nitrogens is 4. The minimum Gasteiger partial charge on any atom is -0.342 e. The van der Waals surface area contributed by atoms with Crippen LogP contribution in [0.25, 0.3) is 10.6 Å². The number of hydrogen-bond donors (Lipinski definition) is 0. The van der Waals surface area contributed by atoms with Crippen molar-refractivity contribution in [1.82, 2.24) is 24.4 Å². The van der Waals surface area contributed by atoms with Gasteiger partial charge in [0.2, 0.25) is 5.91 Å². The summed E-state index contributed by atoms with van der Waals surface area (Å²) < 4.78 is 42.1. The maximum atomic E-state index is 13.4. The van der Waals surface area contributed by atoms with E-state index in [-0.39, 0.29) is 23.3 Å². The van der Waals surface area contributed by atoms with Crippen LogP contribution in [0.5, 0.6) is 0 Å². The van der Waals surface area contributed by atoms with Crippen LogP contribution in [0.1, 0.15) is 36.7 Å². The van der Waals surface area contributed by atoms with Gasteiger partial charge in [0.15, 0.2) is 0 Å². The van der Waals surface area contributed by atoms with Crippen LogP contribution < -0.4 is 0 Å². The summed E-state index contributed by atoms with van der Waals surface area (Å²) >= 11 is 1.33. The Bertz CT molecular complexity index is 989. The van der Waals surface area contributed by atoms with E-state index in [1.165, 1.54) is 11.3 Å².